The lowest BCUT2D eigenvalue weighted by atomic mass is 9.95. The first-order valence-electron chi connectivity index (χ1n) is 7.05. The summed E-state index contributed by atoms with van der Waals surface area (Å²) in [6.45, 7) is 4.37. The highest BCUT2D eigenvalue weighted by molar-refractivity contribution is 6.07. The van der Waals surface area contributed by atoms with Gasteiger partial charge in [-0.15, -0.1) is 0 Å². The number of hydrogen-bond acceptors (Lipinski definition) is 0. The van der Waals surface area contributed by atoms with Crippen molar-refractivity contribution in [2.45, 2.75) is 13.8 Å². The molecule has 0 aliphatic rings. The number of aryl methyl sites for hydroxylation is 2. The van der Waals surface area contributed by atoms with Gasteiger partial charge >= 0.3 is 0 Å². The molecule has 20 heavy (non-hydrogen) atoms. The average Bonchev–Trinajstić information content (AvgIpc) is 2.46. The van der Waals surface area contributed by atoms with Gasteiger partial charge < -0.3 is 0 Å². The van der Waals surface area contributed by atoms with Crippen LogP contribution in [0, 0.1) is 13.8 Å². The van der Waals surface area contributed by atoms with Gasteiger partial charge in [0.2, 0.25) is 0 Å². The van der Waals surface area contributed by atoms with Gasteiger partial charge in [-0.2, -0.15) is 0 Å². The lowest BCUT2D eigenvalue weighted by molar-refractivity contribution is 1.51. The summed E-state index contributed by atoms with van der Waals surface area (Å²) in [6, 6.07) is 22.3. The summed E-state index contributed by atoms with van der Waals surface area (Å²) in [6.07, 6.45) is 0. The van der Waals surface area contributed by atoms with E-state index in [0.717, 1.165) is 0 Å². The summed E-state index contributed by atoms with van der Waals surface area (Å²) in [7, 11) is 0. The third kappa shape index (κ3) is 1.61. The largest absolute Gasteiger partial charge is 0.0616 e. The van der Waals surface area contributed by atoms with E-state index in [-0.39, 0.29) is 0 Å². The normalized spacial score (nSPS) is 11.5. The van der Waals surface area contributed by atoms with E-state index in [1.54, 1.807) is 0 Å². The zero-order valence-electron chi connectivity index (χ0n) is 11.8. The van der Waals surface area contributed by atoms with Crippen molar-refractivity contribution >= 4 is 32.3 Å². The summed E-state index contributed by atoms with van der Waals surface area (Å²) >= 11 is 0. The van der Waals surface area contributed by atoms with Crippen molar-refractivity contribution in [2.24, 2.45) is 0 Å². The van der Waals surface area contributed by atoms with Crippen molar-refractivity contribution in [2.75, 3.05) is 0 Å². The van der Waals surface area contributed by atoms with Crippen LogP contribution in [-0.2, 0) is 0 Å². The minimum Gasteiger partial charge on any atom is -0.0616 e. The van der Waals surface area contributed by atoms with Gasteiger partial charge in [-0.05, 0) is 69.9 Å². The van der Waals surface area contributed by atoms with E-state index in [9.17, 15) is 0 Å². The number of rotatable bonds is 0. The van der Waals surface area contributed by atoms with Crippen LogP contribution < -0.4 is 0 Å². The van der Waals surface area contributed by atoms with E-state index < -0.39 is 0 Å². The maximum atomic E-state index is 2.33. The summed E-state index contributed by atoms with van der Waals surface area (Å²) in [5, 5.41) is 8.02. The Balaban J connectivity index is 2.22. The fraction of sp³-hybridized carbons (Fsp3) is 0.100. The van der Waals surface area contributed by atoms with Crippen LogP contribution >= 0.6 is 0 Å². The van der Waals surface area contributed by atoms with E-state index in [4.69, 9.17) is 0 Å². The minimum atomic E-state index is 1.31. The third-order valence-electron chi connectivity index (χ3n) is 4.24. The van der Waals surface area contributed by atoms with Gasteiger partial charge in [-0.3, -0.25) is 0 Å². The Labute approximate surface area is 118 Å². The molecule has 0 atom stereocenters. The summed E-state index contributed by atoms with van der Waals surface area (Å²) in [5.74, 6) is 0. The molecular formula is C20H16. The van der Waals surface area contributed by atoms with Crippen LogP contribution in [0.4, 0.5) is 0 Å². The molecular weight excluding hydrogens is 240 g/mol. The Bertz CT molecular complexity index is 962. The molecule has 4 aromatic rings. The topological polar surface area (TPSA) is 0 Å². The van der Waals surface area contributed by atoms with Crippen molar-refractivity contribution in [3.05, 3.63) is 71.8 Å². The molecule has 0 heteroatoms. The molecule has 0 radical (unpaired) electrons. The van der Waals surface area contributed by atoms with Crippen LogP contribution in [0.25, 0.3) is 32.3 Å². The van der Waals surface area contributed by atoms with Gasteiger partial charge in [-0.25, -0.2) is 0 Å². The molecule has 0 aliphatic carbocycles. The highest BCUT2D eigenvalue weighted by atomic mass is 14.1. The third-order valence-corrected chi connectivity index (χ3v) is 4.24. The molecule has 4 aromatic carbocycles. The molecule has 0 bridgehead atoms. The van der Waals surface area contributed by atoms with Crippen molar-refractivity contribution in [3.63, 3.8) is 0 Å². The van der Waals surface area contributed by atoms with E-state index in [0.29, 0.717) is 0 Å². The standard InChI is InChI=1S/C20H16/c1-13-7-8-15-12-20-14(2)19-6-4-3-5-16(19)10-18(20)11-17(15)9-13/h3-12H,1-2H3. The molecule has 0 amide bonds. The van der Waals surface area contributed by atoms with Crippen LogP contribution in [0.2, 0.25) is 0 Å². The Morgan fingerprint density at radius 1 is 0.550 bits per heavy atom. The number of benzene rings is 4. The monoisotopic (exact) mass is 256 g/mol. The zero-order chi connectivity index (χ0) is 13.7. The van der Waals surface area contributed by atoms with Crippen molar-refractivity contribution < 1.29 is 0 Å². The van der Waals surface area contributed by atoms with E-state index in [1.807, 2.05) is 0 Å². The summed E-state index contributed by atoms with van der Waals surface area (Å²) in [4.78, 5) is 0. The fourth-order valence-corrected chi connectivity index (χ4v) is 3.16. The predicted molar refractivity (Wildman–Crippen MR) is 88.4 cm³/mol. The van der Waals surface area contributed by atoms with Crippen LogP contribution in [0.3, 0.4) is 0 Å². The van der Waals surface area contributed by atoms with Crippen LogP contribution in [0.5, 0.6) is 0 Å². The lowest BCUT2D eigenvalue weighted by Crippen LogP contribution is -1.84. The van der Waals surface area contributed by atoms with Crippen LogP contribution in [-0.4, -0.2) is 0 Å². The van der Waals surface area contributed by atoms with Gasteiger partial charge in [0, 0.05) is 0 Å². The van der Waals surface area contributed by atoms with Gasteiger partial charge in [0.25, 0.3) is 0 Å². The van der Waals surface area contributed by atoms with E-state index >= 15 is 0 Å². The lowest BCUT2D eigenvalue weighted by Gasteiger charge is -2.09. The Morgan fingerprint density at radius 3 is 2.25 bits per heavy atom. The first kappa shape index (κ1) is 11.5. The predicted octanol–water partition coefficient (Wildman–Crippen LogP) is 5.76. The van der Waals surface area contributed by atoms with E-state index in [2.05, 4.69) is 74.5 Å². The molecule has 0 aliphatic heterocycles. The van der Waals surface area contributed by atoms with Crippen molar-refractivity contribution in [3.8, 4) is 0 Å². The molecule has 0 aromatic heterocycles. The average molecular weight is 256 g/mol. The Kier molecular flexibility index (Phi) is 2.34. The number of fused-ring (bicyclic) bond motifs is 3. The van der Waals surface area contributed by atoms with Gasteiger partial charge in [0.1, 0.15) is 0 Å². The molecule has 4 rings (SSSR count). The Morgan fingerprint density at radius 2 is 1.35 bits per heavy atom. The van der Waals surface area contributed by atoms with Gasteiger partial charge in [-0.1, -0.05) is 48.0 Å². The van der Waals surface area contributed by atoms with E-state index in [1.165, 1.54) is 43.4 Å². The molecule has 0 N–H and O–H groups in total. The van der Waals surface area contributed by atoms with Crippen molar-refractivity contribution in [1.29, 1.82) is 0 Å². The summed E-state index contributed by atoms with van der Waals surface area (Å²) < 4.78 is 0. The summed E-state index contributed by atoms with van der Waals surface area (Å²) in [5.41, 5.74) is 2.69. The quantitative estimate of drug-likeness (QED) is 0.351. The van der Waals surface area contributed by atoms with Crippen LogP contribution in [0.15, 0.2) is 60.7 Å². The highest BCUT2D eigenvalue weighted by Gasteiger charge is 2.05. The molecule has 0 saturated carbocycles. The molecule has 0 unspecified atom stereocenters. The minimum absolute atomic E-state index is 1.31. The van der Waals surface area contributed by atoms with Gasteiger partial charge in [0.05, 0.1) is 0 Å². The maximum absolute atomic E-state index is 2.33. The number of hydrogen-bond donors (Lipinski definition) is 0. The molecule has 0 nitrogen and oxygen atoms in total. The van der Waals surface area contributed by atoms with Gasteiger partial charge in [0.15, 0.2) is 0 Å². The molecule has 0 spiro atoms. The molecule has 96 valence electrons. The first-order chi connectivity index (χ1) is 9.72. The molecule has 0 heterocycles. The zero-order valence-corrected chi connectivity index (χ0v) is 11.8. The van der Waals surface area contributed by atoms with Crippen LogP contribution in [0.1, 0.15) is 11.1 Å². The maximum Gasteiger partial charge on any atom is -0.0142 e. The first-order valence-corrected chi connectivity index (χ1v) is 7.05. The fourth-order valence-electron chi connectivity index (χ4n) is 3.16. The second kappa shape index (κ2) is 4.08. The SMILES string of the molecule is Cc1ccc2cc3c(C)c4ccccc4cc3cc2c1. The molecule has 0 saturated heterocycles. The van der Waals surface area contributed by atoms with Crippen molar-refractivity contribution in [1.82, 2.24) is 0 Å². The second-order valence-corrected chi connectivity index (χ2v) is 5.65. The molecule has 0 fully saturated rings. The second-order valence-electron chi connectivity index (χ2n) is 5.65. The highest BCUT2D eigenvalue weighted by Crippen LogP contribution is 2.31. The smallest absolute Gasteiger partial charge is 0.0142 e. The Hall–Kier alpha value is -2.34.